The van der Waals surface area contributed by atoms with Crippen molar-refractivity contribution in [2.24, 2.45) is 7.05 Å². The van der Waals surface area contributed by atoms with Gasteiger partial charge in [-0.05, 0) is 55.5 Å². The van der Waals surface area contributed by atoms with Gasteiger partial charge in [-0.25, -0.2) is 0 Å². The van der Waals surface area contributed by atoms with Crippen molar-refractivity contribution in [3.63, 3.8) is 0 Å². The van der Waals surface area contributed by atoms with E-state index in [1.54, 1.807) is 4.68 Å². The largest absolute Gasteiger partial charge is 0.374 e. The number of amides is 1. The summed E-state index contributed by atoms with van der Waals surface area (Å²) in [6, 6.07) is 10.4. The molecule has 0 bridgehead atoms. The van der Waals surface area contributed by atoms with Gasteiger partial charge in [-0.1, -0.05) is 6.07 Å². The lowest BCUT2D eigenvalue weighted by molar-refractivity contribution is 0.0706. The summed E-state index contributed by atoms with van der Waals surface area (Å²) in [5.41, 5.74) is 6.57. The molecule has 31 heavy (non-hydrogen) atoms. The van der Waals surface area contributed by atoms with E-state index in [2.05, 4.69) is 41.3 Å². The van der Waals surface area contributed by atoms with E-state index in [1.165, 1.54) is 11.3 Å². The first-order valence-corrected chi connectivity index (χ1v) is 11.2. The zero-order valence-electron chi connectivity index (χ0n) is 18.3. The molecule has 0 N–H and O–H groups in total. The van der Waals surface area contributed by atoms with Gasteiger partial charge >= 0.3 is 0 Å². The van der Waals surface area contributed by atoms with Crippen LogP contribution in [0.4, 0.5) is 5.69 Å². The Labute approximate surface area is 183 Å². The second-order valence-corrected chi connectivity index (χ2v) is 8.83. The quantitative estimate of drug-likeness (QED) is 0.651. The van der Waals surface area contributed by atoms with Crippen molar-refractivity contribution in [2.75, 3.05) is 31.6 Å². The number of carbonyl (C=O) groups is 1. The summed E-state index contributed by atoms with van der Waals surface area (Å²) in [7, 11) is 4.04. The normalized spacial score (nSPS) is 18.7. The first-order chi connectivity index (χ1) is 15.1. The highest BCUT2D eigenvalue weighted by molar-refractivity contribution is 5.95. The highest BCUT2D eigenvalue weighted by Gasteiger charge is 2.27. The van der Waals surface area contributed by atoms with Crippen molar-refractivity contribution >= 4 is 11.6 Å². The lowest BCUT2D eigenvalue weighted by Crippen LogP contribution is -2.39. The predicted octanol–water partition coefficient (Wildman–Crippen LogP) is 3.88. The van der Waals surface area contributed by atoms with E-state index < -0.39 is 0 Å². The van der Waals surface area contributed by atoms with Gasteiger partial charge in [0.1, 0.15) is 0 Å². The van der Waals surface area contributed by atoms with E-state index in [9.17, 15) is 4.79 Å². The molecule has 0 radical (unpaired) electrons. The number of anilines is 1. The summed E-state index contributed by atoms with van der Waals surface area (Å²) in [6.45, 7) is 2.63. The number of aromatic nitrogens is 3. The molecule has 0 saturated carbocycles. The van der Waals surface area contributed by atoms with E-state index in [4.69, 9.17) is 4.98 Å². The molecular weight excluding hydrogens is 386 g/mol. The molecule has 2 aliphatic heterocycles. The molecule has 3 aromatic rings. The maximum Gasteiger partial charge on any atom is 0.253 e. The minimum atomic E-state index is 0.146. The van der Waals surface area contributed by atoms with Crippen molar-refractivity contribution < 1.29 is 4.79 Å². The van der Waals surface area contributed by atoms with Gasteiger partial charge in [0.25, 0.3) is 5.91 Å². The Hall–Kier alpha value is -3.15. The van der Waals surface area contributed by atoms with E-state index in [0.717, 1.165) is 67.7 Å². The molecule has 0 spiro atoms. The van der Waals surface area contributed by atoms with Crippen LogP contribution in [0.25, 0.3) is 11.1 Å². The predicted molar refractivity (Wildman–Crippen MR) is 122 cm³/mol. The van der Waals surface area contributed by atoms with E-state index in [0.29, 0.717) is 0 Å². The number of fused-ring (bicyclic) bond motifs is 1. The molecule has 160 valence electrons. The molecule has 2 aromatic heterocycles. The molecule has 6 nitrogen and oxygen atoms in total. The van der Waals surface area contributed by atoms with Crippen LogP contribution in [0.2, 0.25) is 0 Å². The van der Waals surface area contributed by atoms with Crippen LogP contribution in [0.1, 0.15) is 46.8 Å². The average molecular weight is 416 g/mol. The molecule has 6 heteroatoms. The molecular formula is C25H29N5O. The Kier molecular flexibility index (Phi) is 5.22. The summed E-state index contributed by atoms with van der Waals surface area (Å²) in [6.07, 6.45) is 10.0. The smallest absolute Gasteiger partial charge is 0.253 e. The van der Waals surface area contributed by atoms with Crippen molar-refractivity contribution in [3.8, 4) is 11.1 Å². The fourth-order valence-electron chi connectivity index (χ4n) is 4.89. The lowest BCUT2D eigenvalue weighted by atomic mass is 9.93. The molecule has 1 atom stereocenters. The number of hydrogen-bond donors (Lipinski definition) is 0. The second kappa shape index (κ2) is 8.17. The Bertz CT molecular complexity index is 1090. The van der Waals surface area contributed by atoms with Gasteiger partial charge in [0.05, 0.1) is 6.20 Å². The van der Waals surface area contributed by atoms with Crippen LogP contribution in [0.15, 0.2) is 48.9 Å². The zero-order valence-corrected chi connectivity index (χ0v) is 18.3. The SMILES string of the molecule is CN1CCCc2cc(C(=O)N3CCC[C@@H](c4ccc(-c5cnn(C)c5)cn4)C3)ccc21. The second-order valence-electron chi connectivity index (χ2n) is 8.83. The maximum atomic E-state index is 13.3. The number of likely N-dealkylation sites (tertiary alicyclic amines) is 1. The van der Waals surface area contributed by atoms with E-state index in [-0.39, 0.29) is 11.8 Å². The van der Waals surface area contributed by atoms with Gasteiger partial charge in [0, 0.05) is 80.1 Å². The van der Waals surface area contributed by atoms with Gasteiger partial charge in [-0.15, -0.1) is 0 Å². The fraction of sp³-hybridized carbons (Fsp3) is 0.400. The van der Waals surface area contributed by atoms with Crippen LogP contribution >= 0.6 is 0 Å². The van der Waals surface area contributed by atoms with Gasteiger partial charge in [-0.2, -0.15) is 5.10 Å². The molecule has 1 amide bonds. The number of rotatable bonds is 3. The van der Waals surface area contributed by atoms with Crippen molar-refractivity contribution in [2.45, 2.75) is 31.6 Å². The Morgan fingerprint density at radius 1 is 1.03 bits per heavy atom. The lowest BCUT2D eigenvalue weighted by Gasteiger charge is -2.33. The van der Waals surface area contributed by atoms with Gasteiger partial charge in [-0.3, -0.25) is 14.5 Å². The molecule has 1 fully saturated rings. The van der Waals surface area contributed by atoms with Crippen LogP contribution in [0.3, 0.4) is 0 Å². The third-order valence-electron chi connectivity index (χ3n) is 6.63. The Morgan fingerprint density at radius 2 is 1.94 bits per heavy atom. The van der Waals surface area contributed by atoms with Crippen molar-refractivity contribution in [1.29, 1.82) is 0 Å². The monoisotopic (exact) mass is 415 g/mol. The minimum absolute atomic E-state index is 0.146. The minimum Gasteiger partial charge on any atom is -0.374 e. The van der Waals surface area contributed by atoms with Crippen LogP contribution in [0, 0.1) is 0 Å². The summed E-state index contributed by atoms with van der Waals surface area (Å²) in [4.78, 5) is 22.3. The first-order valence-electron chi connectivity index (χ1n) is 11.2. The summed E-state index contributed by atoms with van der Waals surface area (Å²) in [5, 5.41) is 4.24. The highest BCUT2D eigenvalue weighted by Crippen LogP contribution is 2.30. The van der Waals surface area contributed by atoms with Crippen molar-refractivity contribution in [3.05, 3.63) is 65.7 Å². The maximum absolute atomic E-state index is 13.3. The topological polar surface area (TPSA) is 54.3 Å². The Morgan fingerprint density at radius 3 is 2.71 bits per heavy atom. The molecule has 1 aromatic carbocycles. The number of aryl methyl sites for hydroxylation is 2. The number of piperidine rings is 1. The number of carbonyl (C=O) groups excluding carboxylic acids is 1. The molecule has 2 aliphatic rings. The summed E-state index contributed by atoms with van der Waals surface area (Å²) >= 11 is 0. The highest BCUT2D eigenvalue weighted by atomic mass is 16.2. The standard InChI is InChI=1S/C25H29N5O/c1-28-11-3-5-18-13-19(8-10-24(18)28)25(31)30-12-4-6-21(17-30)23-9-7-20(14-26-23)22-15-27-29(2)16-22/h7-10,13-16,21H,3-6,11-12,17H2,1-2H3/t21-/m1/s1. The van der Waals surface area contributed by atoms with E-state index in [1.807, 2.05) is 36.6 Å². The molecule has 4 heterocycles. The molecule has 0 unspecified atom stereocenters. The van der Waals surface area contributed by atoms with Crippen LogP contribution in [0.5, 0.6) is 0 Å². The number of hydrogen-bond acceptors (Lipinski definition) is 4. The zero-order chi connectivity index (χ0) is 21.4. The number of pyridine rings is 1. The van der Waals surface area contributed by atoms with Crippen molar-refractivity contribution in [1.82, 2.24) is 19.7 Å². The number of nitrogens with zero attached hydrogens (tertiary/aromatic N) is 5. The fourth-order valence-corrected chi connectivity index (χ4v) is 4.89. The van der Waals surface area contributed by atoms with Gasteiger partial charge in [0.15, 0.2) is 0 Å². The van der Waals surface area contributed by atoms with Crippen LogP contribution < -0.4 is 4.90 Å². The Balaban J connectivity index is 1.30. The number of benzene rings is 1. The van der Waals surface area contributed by atoms with Gasteiger partial charge < -0.3 is 9.80 Å². The van der Waals surface area contributed by atoms with Crippen LogP contribution in [-0.4, -0.2) is 52.3 Å². The average Bonchev–Trinajstić information content (AvgIpc) is 3.25. The first kappa shape index (κ1) is 19.8. The third-order valence-corrected chi connectivity index (χ3v) is 6.63. The molecule has 0 aliphatic carbocycles. The summed E-state index contributed by atoms with van der Waals surface area (Å²) < 4.78 is 1.80. The third kappa shape index (κ3) is 3.94. The van der Waals surface area contributed by atoms with E-state index >= 15 is 0 Å². The molecule has 5 rings (SSSR count). The van der Waals surface area contributed by atoms with Gasteiger partial charge in [0.2, 0.25) is 0 Å². The summed E-state index contributed by atoms with van der Waals surface area (Å²) in [5.74, 6) is 0.428. The van der Waals surface area contributed by atoms with Crippen LogP contribution in [-0.2, 0) is 13.5 Å². The molecule has 1 saturated heterocycles.